The van der Waals surface area contributed by atoms with Gasteiger partial charge >= 0.3 is 0 Å². The Balaban J connectivity index is 4.49. The van der Waals surface area contributed by atoms with Crippen LogP contribution in [0, 0.1) is 0 Å². The van der Waals surface area contributed by atoms with E-state index in [0.29, 0.717) is 0 Å². The van der Waals surface area contributed by atoms with E-state index in [2.05, 4.69) is 27.7 Å². The van der Waals surface area contributed by atoms with Gasteiger partial charge in [-0.3, -0.25) is 0 Å². The molecule has 0 aromatic carbocycles. The third-order valence-corrected chi connectivity index (χ3v) is 15.3. The van der Waals surface area contributed by atoms with Crippen molar-refractivity contribution in [3.8, 4) is 0 Å². The number of hydrogen-bond donors (Lipinski definition) is 0. The lowest BCUT2D eigenvalue weighted by Gasteiger charge is -2.28. The molecule has 0 spiro atoms. The smallest absolute Gasteiger partial charge is 0.0594 e. The molecule has 0 nitrogen and oxygen atoms in total. The second-order valence-electron chi connectivity index (χ2n) is 14.5. The molecule has 0 bridgehead atoms. The molecule has 1 heteroatoms. The van der Waals surface area contributed by atoms with Crippen LogP contribution in [0.5, 0.6) is 0 Å². The molecule has 0 fully saturated rings. The van der Waals surface area contributed by atoms with Crippen LogP contribution in [0.1, 0.15) is 240 Å². The van der Waals surface area contributed by atoms with E-state index < -0.39 is 7.26 Å². The summed E-state index contributed by atoms with van der Waals surface area (Å²) in [4.78, 5) is 0. The Kier molecular flexibility index (Phi) is 36.3. The maximum atomic E-state index is 2.36. The maximum absolute atomic E-state index is 2.36. The predicted molar refractivity (Wildman–Crippen MR) is 201 cm³/mol. The van der Waals surface area contributed by atoms with Crippen LogP contribution in [0.25, 0.3) is 0 Å². The fourth-order valence-corrected chi connectivity index (χ4v) is 12.1. The summed E-state index contributed by atoms with van der Waals surface area (Å²) in [6.45, 7) is 9.39. The van der Waals surface area contributed by atoms with Gasteiger partial charge < -0.3 is 0 Å². The van der Waals surface area contributed by atoms with Crippen LogP contribution in [-0.2, 0) is 0 Å². The highest BCUT2D eigenvalue weighted by molar-refractivity contribution is 7.75. The maximum Gasteiger partial charge on any atom is 0.0594 e. The second kappa shape index (κ2) is 35.9. The highest BCUT2D eigenvalue weighted by Gasteiger charge is 2.34. The summed E-state index contributed by atoms with van der Waals surface area (Å²) in [6.07, 6.45) is 55.7. The summed E-state index contributed by atoms with van der Waals surface area (Å²) >= 11 is 0. The van der Waals surface area contributed by atoms with E-state index in [4.69, 9.17) is 0 Å². The predicted octanol–water partition coefficient (Wildman–Crippen LogP) is 16.0. The molecule has 0 aromatic heterocycles. The van der Waals surface area contributed by atoms with Crippen molar-refractivity contribution < 1.29 is 0 Å². The molecule has 0 N–H and O–H groups in total. The number of hydrogen-bond acceptors (Lipinski definition) is 0. The van der Waals surface area contributed by atoms with Gasteiger partial charge in [-0.2, -0.15) is 0 Å². The van der Waals surface area contributed by atoms with E-state index in [9.17, 15) is 0 Å². The molecule has 42 heavy (non-hydrogen) atoms. The van der Waals surface area contributed by atoms with Crippen molar-refractivity contribution in [2.75, 3.05) is 24.6 Å². The molecule has 0 saturated carbocycles. The number of unbranched alkanes of at least 4 members (excludes halogenated alkanes) is 29. The Morgan fingerprint density at radius 3 is 0.500 bits per heavy atom. The molecule has 0 atom stereocenters. The fraction of sp³-hybridized carbons (Fsp3) is 1.00. The molecule has 0 aromatic rings. The monoisotopic (exact) mass is 610 g/mol. The first-order valence-corrected chi connectivity index (χ1v) is 23.1. The highest BCUT2D eigenvalue weighted by Crippen LogP contribution is 2.61. The molecular weight excluding hydrogens is 523 g/mol. The van der Waals surface area contributed by atoms with Crippen LogP contribution in [0.3, 0.4) is 0 Å². The van der Waals surface area contributed by atoms with Gasteiger partial charge in [0.1, 0.15) is 0 Å². The average Bonchev–Trinajstić information content (AvgIpc) is 3.00. The van der Waals surface area contributed by atoms with Crippen molar-refractivity contribution in [2.24, 2.45) is 0 Å². The Labute approximate surface area is 270 Å². The SMILES string of the molecule is CCCCCCCCCCCCCCCCC[P+](CCCCCCCC)(CCCCCCCC)CCCCCCCC. The van der Waals surface area contributed by atoms with E-state index in [0.717, 1.165) is 0 Å². The van der Waals surface area contributed by atoms with Crippen molar-refractivity contribution in [3.05, 3.63) is 0 Å². The minimum atomic E-state index is -0.749. The van der Waals surface area contributed by atoms with E-state index in [-0.39, 0.29) is 0 Å². The Hall–Kier alpha value is 0.430. The van der Waals surface area contributed by atoms with Gasteiger partial charge in [0.05, 0.1) is 24.6 Å². The summed E-state index contributed by atoms with van der Waals surface area (Å²) in [5.74, 6) is 0. The minimum absolute atomic E-state index is 0.749. The Morgan fingerprint density at radius 1 is 0.190 bits per heavy atom. The summed E-state index contributed by atoms with van der Waals surface area (Å²) in [5.41, 5.74) is 0. The zero-order valence-electron chi connectivity index (χ0n) is 30.6. The van der Waals surface area contributed by atoms with Gasteiger partial charge in [-0.1, -0.05) is 188 Å². The summed E-state index contributed by atoms with van der Waals surface area (Å²) in [6, 6.07) is 0. The number of rotatable bonds is 37. The standard InChI is InChI=1S/C41H86P/c1-5-9-13-17-21-22-23-24-25-26-27-28-29-33-37-41-42(38-34-30-18-14-10-6-2,39-35-31-19-15-11-7-3)40-36-32-20-16-12-8-4/h5-41H2,1-4H3/q+1. The van der Waals surface area contributed by atoms with Crippen LogP contribution in [0.4, 0.5) is 0 Å². The molecule has 0 heterocycles. The normalized spacial score (nSPS) is 12.0. The van der Waals surface area contributed by atoms with Gasteiger partial charge in [0.15, 0.2) is 0 Å². The molecule has 0 unspecified atom stereocenters. The molecular formula is C41H86P+. The zero-order valence-corrected chi connectivity index (χ0v) is 31.5. The van der Waals surface area contributed by atoms with Crippen molar-refractivity contribution in [2.45, 2.75) is 240 Å². The lowest BCUT2D eigenvalue weighted by Crippen LogP contribution is -2.13. The van der Waals surface area contributed by atoms with Crippen molar-refractivity contribution in [1.29, 1.82) is 0 Å². The molecule has 0 saturated heterocycles. The van der Waals surface area contributed by atoms with Crippen LogP contribution in [-0.4, -0.2) is 24.6 Å². The lowest BCUT2D eigenvalue weighted by atomic mass is 10.0. The van der Waals surface area contributed by atoms with Crippen LogP contribution in [0.15, 0.2) is 0 Å². The van der Waals surface area contributed by atoms with Gasteiger partial charge in [0.2, 0.25) is 0 Å². The second-order valence-corrected chi connectivity index (χ2v) is 19.0. The van der Waals surface area contributed by atoms with Crippen molar-refractivity contribution >= 4 is 7.26 Å². The molecule has 254 valence electrons. The summed E-state index contributed by atoms with van der Waals surface area (Å²) in [7, 11) is -0.749. The molecule has 0 aliphatic heterocycles. The van der Waals surface area contributed by atoms with E-state index >= 15 is 0 Å². The molecule has 0 aliphatic carbocycles. The first-order chi connectivity index (χ1) is 20.7. The van der Waals surface area contributed by atoms with Gasteiger partial charge in [-0.05, 0) is 51.4 Å². The van der Waals surface area contributed by atoms with Gasteiger partial charge in [0, 0.05) is 7.26 Å². The zero-order chi connectivity index (χ0) is 30.7. The van der Waals surface area contributed by atoms with Gasteiger partial charge in [0.25, 0.3) is 0 Å². The van der Waals surface area contributed by atoms with Crippen molar-refractivity contribution in [3.63, 3.8) is 0 Å². The third kappa shape index (κ3) is 30.5. The Bertz CT molecular complexity index is 431. The van der Waals surface area contributed by atoms with Crippen LogP contribution >= 0.6 is 7.26 Å². The average molecular weight is 610 g/mol. The van der Waals surface area contributed by atoms with Crippen molar-refractivity contribution in [1.82, 2.24) is 0 Å². The molecule has 0 radical (unpaired) electrons. The first-order valence-electron chi connectivity index (χ1n) is 20.6. The highest BCUT2D eigenvalue weighted by atomic mass is 31.2. The lowest BCUT2D eigenvalue weighted by molar-refractivity contribution is 0.534. The third-order valence-electron chi connectivity index (χ3n) is 10.2. The molecule has 0 amide bonds. The van der Waals surface area contributed by atoms with Gasteiger partial charge in [-0.15, -0.1) is 0 Å². The minimum Gasteiger partial charge on any atom is -0.0654 e. The fourth-order valence-electron chi connectivity index (χ4n) is 7.17. The van der Waals surface area contributed by atoms with Crippen LogP contribution < -0.4 is 0 Å². The quantitative estimate of drug-likeness (QED) is 0.0485. The summed E-state index contributed by atoms with van der Waals surface area (Å²) < 4.78 is 0. The topological polar surface area (TPSA) is 0 Å². The van der Waals surface area contributed by atoms with E-state index in [1.165, 1.54) is 186 Å². The molecule has 0 aliphatic rings. The van der Waals surface area contributed by atoms with Crippen LogP contribution in [0.2, 0.25) is 0 Å². The summed E-state index contributed by atoms with van der Waals surface area (Å²) in [5, 5.41) is 0. The first kappa shape index (κ1) is 42.4. The Morgan fingerprint density at radius 2 is 0.333 bits per heavy atom. The molecule has 0 rings (SSSR count). The van der Waals surface area contributed by atoms with E-state index in [1.807, 2.05) is 0 Å². The van der Waals surface area contributed by atoms with E-state index in [1.54, 1.807) is 50.3 Å². The largest absolute Gasteiger partial charge is 0.0654 e. The van der Waals surface area contributed by atoms with Gasteiger partial charge in [-0.25, -0.2) is 0 Å².